The van der Waals surface area contributed by atoms with Gasteiger partial charge in [-0.1, -0.05) is 13.8 Å². The van der Waals surface area contributed by atoms with Crippen molar-refractivity contribution in [2.75, 3.05) is 11.9 Å². The van der Waals surface area contributed by atoms with E-state index in [0.29, 0.717) is 17.2 Å². The molecule has 0 aliphatic heterocycles. The van der Waals surface area contributed by atoms with Crippen LogP contribution in [0.2, 0.25) is 0 Å². The summed E-state index contributed by atoms with van der Waals surface area (Å²) in [5.41, 5.74) is 1.23. The minimum absolute atomic E-state index is 0.0588. The van der Waals surface area contributed by atoms with Gasteiger partial charge in [0.25, 0.3) is 0 Å². The van der Waals surface area contributed by atoms with Crippen molar-refractivity contribution < 1.29 is 4.92 Å². The number of anilines is 1. The number of rotatable bonds is 4. The summed E-state index contributed by atoms with van der Waals surface area (Å²) < 4.78 is 0. The lowest BCUT2D eigenvalue weighted by Gasteiger charge is -2.07. The molecule has 1 saturated carbocycles. The smallest absolute Gasteiger partial charge is 0.311 e. The molecule has 1 aromatic heterocycles. The van der Waals surface area contributed by atoms with E-state index in [9.17, 15) is 10.1 Å². The Kier molecular flexibility index (Phi) is 2.77. The number of hydrogen-bond donors (Lipinski definition) is 1. The van der Waals surface area contributed by atoms with E-state index in [2.05, 4.69) is 24.1 Å². The molecule has 1 unspecified atom stereocenters. The van der Waals surface area contributed by atoms with Crippen LogP contribution in [0.4, 0.5) is 11.5 Å². The van der Waals surface area contributed by atoms with E-state index in [1.54, 1.807) is 19.2 Å². The number of nitrogens with zero attached hydrogens (tertiary/aromatic N) is 2. The normalized spacial score (nSPS) is 21.0. The van der Waals surface area contributed by atoms with Gasteiger partial charge in [-0.05, 0) is 30.2 Å². The molecule has 1 heterocycles. The number of aromatic nitrogens is 1. The summed E-state index contributed by atoms with van der Waals surface area (Å²) >= 11 is 0. The van der Waals surface area contributed by atoms with Crippen molar-refractivity contribution in [3.05, 3.63) is 27.9 Å². The van der Waals surface area contributed by atoms with E-state index in [1.165, 1.54) is 6.42 Å². The van der Waals surface area contributed by atoms with Crippen molar-refractivity contribution >= 4 is 11.5 Å². The van der Waals surface area contributed by atoms with E-state index < -0.39 is 0 Å². The largest absolute Gasteiger partial charge is 0.364 e. The molecule has 0 aromatic carbocycles. The van der Waals surface area contributed by atoms with Crippen LogP contribution in [0.1, 0.15) is 25.8 Å². The molecular weight excluding hydrogens is 218 g/mol. The Balaban J connectivity index is 2.08. The fourth-order valence-electron chi connectivity index (χ4n) is 1.97. The van der Waals surface area contributed by atoms with Crippen LogP contribution in [0.15, 0.2) is 12.3 Å². The molecule has 1 N–H and O–H groups in total. The van der Waals surface area contributed by atoms with Crippen LogP contribution in [0.3, 0.4) is 0 Å². The Morgan fingerprint density at radius 1 is 1.65 bits per heavy atom. The molecule has 1 atom stereocenters. The molecule has 5 heteroatoms. The Labute approximate surface area is 100 Å². The van der Waals surface area contributed by atoms with Gasteiger partial charge >= 0.3 is 5.69 Å². The fraction of sp³-hybridized carbons (Fsp3) is 0.583. The maximum Gasteiger partial charge on any atom is 0.311 e. The summed E-state index contributed by atoms with van der Waals surface area (Å²) in [5.74, 6) is 0.966. The van der Waals surface area contributed by atoms with Gasteiger partial charge in [0.2, 0.25) is 5.82 Å². The van der Waals surface area contributed by atoms with Gasteiger partial charge in [0.05, 0.1) is 4.92 Å². The van der Waals surface area contributed by atoms with E-state index in [0.717, 1.165) is 12.1 Å². The summed E-state index contributed by atoms with van der Waals surface area (Å²) in [6.07, 6.45) is 2.81. The first-order valence-electron chi connectivity index (χ1n) is 5.75. The molecule has 5 nitrogen and oxygen atoms in total. The van der Waals surface area contributed by atoms with Crippen LogP contribution < -0.4 is 5.32 Å². The molecule has 1 aliphatic rings. The standard InChI is InChI=1S/C12H17N3O2/c1-8-4-10(15(16)17)11(13-6-8)14-7-9-5-12(9,2)3/h4,6,9H,5,7H2,1-3H3,(H,13,14). The van der Waals surface area contributed by atoms with E-state index in [1.807, 2.05) is 0 Å². The van der Waals surface area contributed by atoms with E-state index >= 15 is 0 Å². The lowest BCUT2D eigenvalue weighted by Crippen LogP contribution is -2.10. The van der Waals surface area contributed by atoms with Gasteiger partial charge in [0, 0.05) is 18.8 Å². The number of aryl methyl sites for hydroxylation is 1. The molecule has 0 saturated heterocycles. The van der Waals surface area contributed by atoms with Crippen LogP contribution in [0, 0.1) is 28.4 Å². The third-order valence-electron chi connectivity index (χ3n) is 3.43. The van der Waals surface area contributed by atoms with Gasteiger partial charge in [-0.3, -0.25) is 10.1 Å². The molecule has 1 fully saturated rings. The first-order chi connectivity index (χ1) is 7.90. The van der Waals surface area contributed by atoms with Gasteiger partial charge < -0.3 is 5.32 Å². The number of hydrogen-bond acceptors (Lipinski definition) is 4. The maximum absolute atomic E-state index is 10.9. The highest BCUT2D eigenvalue weighted by Crippen LogP contribution is 2.51. The Hall–Kier alpha value is -1.65. The third-order valence-corrected chi connectivity index (χ3v) is 3.43. The zero-order valence-corrected chi connectivity index (χ0v) is 10.4. The highest BCUT2D eigenvalue weighted by molar-refractivity contribution is 5.56. The van der Waals surface area contributed by atoms with Gasteiger partial charge in [-0.2, -0.15) is 0 Å². The maximum atomic E-state index is 10.9. The predicted molar refractivity (Wildman–Crippen MR) is 66.0 cm³/mol. The van der Waals surface area contributed by atoms with Crippen molar-refractivity contribution in [2.24, 2.45) is 11.3 Å². The quantitative estimate of drug-likeness (QED) is 0.643. The van der Waals surface area contributed by atoms with Crippen molar-refractivity contribution in [2.45, 2.75) is 27.2 Å². The van der Waals surface area contributed by atoms with Gasteiger partial charge in [0.15, 0.2) is 0 Å². The van der Waals surface area contributed by atoms with Gasteiger partial charge in [-0.15, -0.1) is 0 Å². The molecule has 1 aromatic rings. The molecule has 2 rings (SSSR count). The molecule has 0 spiro atoms. The molecular formula is C12H17N3O2. The summed E-state index contributed by atoms with van der Waals surface area (Å²) in [7, 11) is 0. The van der Waals surface area contributed by atoms with Crippen molar-refractivity contribution in [3.63, 3.8) is 0 Å². The fourth-order valence-corrected chi connectivity index (χ4v) is 1.97. The third kappa shape index (κ3) is 2.54. The van der Waals surface area contributed by atoms with Crippen molar-refractivity contribution in [1.82, 2.24) is 4.98 Å². The number of nitro groups is 1. The second-order valence-electron chi connectivity index (χ2n) is 5.41. The summed E-state index contributed by atoms with van der Waals surface area (Å²) in [6.45, 7) is 6.96. The average Bonchev–Trinajstić information content (AvgIpc) is 2.84. The van der Waals surface area contributed by atoms with Crippen molar-refractivity contribution in [1.29, 1.82) is 0 Å². The zero-order chi connectivity index (χ0) is 12.6. The summed E-state index contributed by atoms with van der Waals surface area (Å²) in [5, 5.41) is 14.0. The molecule has 0 radical (unpaired) electrons. The minimum atomic E-state index is -0.389. The first kappa shape index (κ1) is 11.8. The molecule has 0 amide bonds. The predicted octanol–water partition coefficient (Wildman–Crippen LogP) is 2.76. The lowest BCUT2D eigenvalue weighted by molar-refractivity contribution is -0.384. The average molecular weight is 235 g/mol. The highest BCUT2D eigenvalue weighted by atomic mass is 16.6. The lowest BCUT2D eigenvalue weighted by atomic mass is 10.1. The second-order valence-corrected chi connectivity index (χ2v) is 5.41. The minimum Gasteiger partial charge on any atom is -0.364 e. The monoisotopic (exact) mass is 235 g/mol. The van der Waals surface area contributed by atoms with E-state index in [-0.39, 0.29) is 10.6 Å². The number of pyridine rings is 1. The summed E-state index contributed by atoms with van der Waals surface area (Å²) in [4.78, 5) is 14.6. The zero-order valence-electron chi connectivity index (χ0n) is 10.4. The Bertz CT molecular complexity index is 457. The second kappa shape index (κ2) is 3.98. The molecule has 0 bridgehead atoms. The van der Waals surface area contributed by atoms with Crippen LogP contribution in [-0.2, 0) is 0 Å². The van der Waals surface area contributed by atoms with Crippen molar-refractivity contribution in [3.8, 4) is 0 Å². The van der Waals surface area contributed by atoms with Crippen LogP contribution in [-0.4, -0.2) is 16.5 Å². The SMILES string of the molecule is Cc1cnc(NCC2CC2(C)C)c([N+](=O)[O-])c1. The topological polar surface area (TPSA) is 68.1 Å². The van der Waals surface area contributed by atoms with Crippen LogP contribution in [0.25, 0.3) is 0 Å². The molecule has 1 aliphatic carbocycles. The number of nitrogens with one attached hydrogen (secondary N) is 1. The Morgan fingerprint density at radius 2 is 2.29 bits per heavy atom. The van der Waals surface area contributed by atoms with Gasteiger partial charge in [0.1, 0.15) is 0 Å². The Morgan fingerprint density at radius 3 is 2.82 bits per heavy atom. The van der Waals surface area contributed by atoms with Crippen LogP contribution >= 0.6 is 0 Å². The molecule has 17 heavy (non-hydrogen) atoms. The first-order valence-corrected chi connectivity index (χ1v) is 5.75. The highest BCUT2D eigenvalue weighted by Gasteiger charge is 2.45. The van der Waals surface area contributed by atoms with Gasteiger partial charge in [-0.25, -0.2) is 4.98 Å². The van der Waals surface area contributed by atoms with E-state index in [4.69, 9.17) is 0 Å². The van der Waals surface area contributed by atoms with Crippen LogP contribution in [0.5, 0.6) is 0 Å². The molecule has 92 valence electrons. The summed E-state index contributed by atoms with van der Waals surface area (Å²) in [6, 6.07) is 1.55.